The lowest BCUT2D eigenvalue weighted by atomic mass is 10.1. The number of benzene rings is 3. The molecule has 4 rings (SSSR count). The van der Waals surface area contributed by atoms with Gasteiger partial charge in [0.2, 0.25) is 0 Å². The quantitative estimate of drug-likeness (QED) is 0.502. The molecule has 1 heterocycles. The molecule has 0 aliphatic carbocycles. The van der Waals surface area contributed by atoms with Gasteiger partial charge in [-0.25, -0.2) is 9.37 Å². The molecule has 2 N–H and O–H groups in total. The van der Waals surface area contributed by atoms with Crippen molar-refractivity contribution in [2.45, 2.75) is 12.6 Å². The molecule has 0 fully saturated rings. The van der Waals surface area contributed by atoms with E-state index in [1.165, 1.54) is 12.1 Å². The van der Waals surface area contributed by atoms with Gasteiger partial charge in [-0.15, -0.1) is 0 Å². The van der Waals surface area contributed by atoms with Crippen LogP contribution in [0, 0.1) is 17.1 Å². The Morgan fingerprint density at radius 2 is 1.79 bits per heavy atom. The first-order valence-electron chi connectivity index (χ1n) is 8.79. The Morgan fingerprint density at radius 1 is 1.04 bits per heavy atom. The first-order valence-corrected chi connectivity index (χ1v) is 8.79. The summed E-state index contributed by atoms with van der Waals surface area (Å²) >= 11 is 0. The van der Waals surface area contributed by atoms with Crippen LogP contribution >= 0.6 is 0 Å². The normalized spacial score (nSPS) is 11.7. The summed E-state index contributed by atoms with van der Waals surface area (Å²) < 4.78 is 18.8. The summed E-state index contributed by atoms with van der Waals surface area (Å²) in [7, 11) is 0. The minimum atomic E-state index is -0.546. The van der Waals surface area contributed by atoms with Crippen molar-refractivity contribution >= 4 is 16.7 Å². The third-order valence-electron chi connectivity index (χ3n) is 4.31. The number of aromatic nitrogens is 2. The Hall–Kier alpha value is -3.85. The molecule has 138 valence electrons. The minimum Gasteiger partial charge on any atom is -0.486 e. The first-order chi connectivity index (χ1) is 13.7. The number of nitrogens with zero attached hydrogens (tertiary/aromatic N) is 2. The molecule has 0 saturated carbocycles. The van der Waals surface area contributed by atoms with E-state index >= 15 is 0 Å². The zero-order chi connectivity index (χ0) is 19.3. The van der Waals surface area contributed by atoms with E-state index in [0.29, 0.717) is 18.0 Å². The van der Waals surface area contributed by atoms with E-state index in [1.54, 1.807) is 12.1 Å². The molecule has 1 aromatic heterocycles. The Balaban J connectivity index is 1.40. The van der Waals surface area contributed by atoms with E-state index < -0.39 is 6.04 Å². The van der Waals surface area contributed by atoms with Gasteiger partial charge in [0.1, 0.15) is 30.0 Å². The number of imidazole rings is 1. The van der Waals surface area contributed by atoms with Gasteiger partial charge in [0.05, 0.1) is 17.1 Å². The van der Waals surface area contributed by atoms with Gasteiger partial charge < -0.3 is 15.0 Å². The van der Waals surface area contributed by atoms with Crippen molar-refractivity contribution in [2.75, 3.05) is 5.32 Å². The molecule has 28 heavy (non-hydrogen) atoms. The van der Waals surface area contributed by atoms with Crippen LogP contribution in [0.25, 0.3) is 11.0 Å². The van der Waals surface area contributed by atoms with Crippen LogP contribution in [0.2, 0.25) is 0 Å². The summed E-state index contributed by atoms with van der Waals surface area (Å²) in [5.74, 6) is 1.12. The van der Waals surface area contributed by atoms with Crippen LogP contribution in [0.3, 0.4) is 0 Å². The van der Waals surface area contributed by atoms with Crippen LogP contribution in [0.5, 0.6) is 5.75 Å². The Morgan fingerprint density at radius 3 is 2.50 bits per heavy atom. The van der Waals surface area contributed by atoms with Gasteiger partial charge in [-0.05, 0) is 54.1 Å². The lowest BCUT2D eigenvalue weighted by Gasteiger charge is -2.14. The molecule has 0 saturated heterocycles. The number of fused-ring (bicyclic) bond motifs is 1. The Bertz CT molecular complexity index is 1080. The number of hydrogen-bond acceptors (Lipinski definition) is 4. The number of ether oxygens (including phenoxy) is 1. The largest absolute Gasteiger partial charge is 0.486 e. The summed E-state index contributed by atoms with van der Waals surface area (Å²) in [6.07, 6.45) is 0. The van der Waals surface area contributed by atoms with Crippen LogP contribution in [0.15, 0.2) is 72.8 Å². The fourth-order valence-electron chi connectivity index (χ4n) is 2.89. The van der Waals surface area contributed by atoms with Crippen molar-refractivity contribution in [1.82, 2.24) is 9.97 Å². The van der Waals surface area contributed by atoms with Gasteiger partial charge in [0, 0.05) is 5.69 Å². The number of aromatic amines is 1. The van der Waals surface area contributed by atoms with E-state index in [1.807, 2.05) is 48.5 Å². The molecule has 0 aliphatic heterocycles. The van der Waals surface area contributed by atoms with Crippen LogP contribution in [0.1, 0.15) is 17.4 Å². The zero-order valence-corrected chi connectivity index (χ0v) is 14.9. The standard InChI is InChI=1S/C22H17FN4O/c23-16-7-9-17(10-8-16)25-21(13-24)15-5-11-18(12-6-15)28-14-22-26-19-3-1-2-4-20(19)27-22/h1-12,21,25H,14H2,(H,26,27). The maximum atomic E-state index is 13.0. The van der Waals surface area contributed by atoms with Crippen molar-refractivity contribution in [3.05, 3.63) is 90.0 Å². The molecule has 4 aromatic rings. The molecule has 0 amide bonds. The maximum Gasteiger partial charge on any atom is 0.146 e. The minimum absolute atomic E-state index is 0.315. The molecule has 0 spiro atoms. The van der Waals surface area contributed by atoms with Crippen molar-refractivity contribution in [1.29, 1.82) is 5.26 Å². The highest BCUT2D eigenvalue weighted by molar-refractivity contribution is 5.74. The number of rotatable bonds is 6. The summed E-state index contributed by atoms with van der Waals surface area (Å²) in [6.45, 7) is 0.323. The number of nitrogens with one attached hydrogen (secondary N) is 2. The summed E-state index contributed by atoms with van der Waals surface area (Å²) in [4.78, 5) is 7.70. The topological polar surface area (TPSA) is 73.7 Å². The van der Waals surface area contributed by atoms with Crippen molar-refractivity contribution < 1.29 is 9.13 Å². The van der Waals surface area contributed by atoms with Gasteiger partial charge in [0.15, 0.2) is 0 Å². The molecule has 0 aliphatic rings. The highest BCUT2D eigenvalue weighted by Crippen LogP contribution is 2.22. The molecule has 5 nitrogen and oxygen atoms in total. The first kappa shape index (κ1) is 17.6. The molecule has 1 atom stereocenters. The van der Waals surface area contributed by atoms with Crippen LogP contribution in [-0.2, 0) is 6.61 Å². The van der Waals surface area contributed by atoms with Gasteiger partial charge in [-0.2, -0.15) is 5.26 Å². The van der Waals surface area contributed by atoms with Crippen LogP contribution < -0.4 is 10.1 Å². The number of halogens is 1. The maximum absolute atomic E-state index is 13.0. The molecule has 0 radical (unpaired) electrons. The average molecular weight is 372 g/mol. The summed E-state index contributed by atoms with van der Waals surface area (Å²) in [6, 6.07) is 22.7. The highest BCUT2D eigenvalue weighted by Gasteiger charge is 2.11. The number of nitriles is 1. The summed E-state index contributed by atoms with van der Waals surface area (Å²) in [5.41, 5.74) is 3.35. The second-order valence-corrected chi connectivity index (χ2v) is 6.27. The van der Waals surface area contributed by atoms with Crippen LogP contribution in [-0.4, -0.2) is 9.97 Å². The zero-order valence-electron chi connectivity index (χ0n) is 14.9. The number of hydrogen-bond donors (Lipinski definition) is 2. The lowest BCUT2D eigenvalue weighted by Crippen LogP contribution is -2.08. The van der Waals surface area contributed by atoms with Crippen molar-refractivity contribution in [2.24, 2.45) is 0 Å². The lowest BCUT2D eigenvalue weighted by molar-refractivity contribution is 0.297. The fraction of sp³-hybridized carbons (Fsp3) is 0.0909. The van der Waals surface area contributed by atoms with E-state index in [2.05, 4.69) is 21.4 Å². The third-order valence-corrected chi connectivity index (χ3v) is 4.31. The number of anilines is 1. The predicted molar refractivity (Wildman–Crippen MR) is 105 cm³/mol. The number of para-hydroxylation sites is 2. The highest BCUT2D eigenvalue weighted by atomic mass is 19.1. The molecule has 3 aromatic carbocycles. The second-order valence-electron chi connectivity index (χ2n) is 6.27. The Kier molecular flexibility index (Phi) is 4.89. The second kappa shape index (κ2) is 7.80. The molecule has 0 bridgehead atoms. The average Bonchev–Trinajstić information content (AvgIpc) is 3.15. The van der Waals surface area contributed by atoms with Crippen molar-refractivity contribution in [3.63, 3.8) is 0 Å². The molecule has 1 unspecified atom stereocenters. The van der Waals surface area contributed by atoms with Gasteiger partial charge in [0.25, 0.3) is 0 Å². The third kappa shape index (κ3) is 3.94. The smallest absolute Gasteiger partial charge is 0.146 e. The van der Waals surface area contributed by atoms with Crippen LogP contribution in [0.4, 0.5) is 10.1 Å². The molecular formula is C22H17FN4O. The van der Waals surface area contributed by atoms with E-state index in [4.69, 9.17) is 4.74 Å². The number of H-pyrrole nitrogens is 1. The molecule has 6 heteroatoms. The SMILES string of the molecule is N#CC(Nc1ccc(F)cc1)c1ccc(OCc2nc3ccccc3[nH]2)cc1. The van der Waals surface area contributed by atoms with Gasteiger partial charge in [-0.3, -0.25) is 0 Å². The molecular weight excluding hydrogens is 355 g/mol. The van der Waals surface area contributed by atoms with E-state index in [-0.39, 0.29) is 5.82 Å². The van der Waals surface area contributed by atoms with Gasteiger partial charge in [-0.1, -0.05) is 24.3 Å². The fourth-order valence-corrected chi connectivity index (χ4v) is 2.89. The Labute approximate surface area is 161 Å². The summed E-state index contributed by atoms with van der Waals surface area (Å²) in [5, 5.41) is 12.5. The van der Waals surface area contributed by atoms with Crippen molar-refractivity contribution in [3.8, 4) is 11.8 Å². The van der Waals surface area contributed by atoms with Gasteiger partial charge >= 0.3 is 0 Å². The van der Waals surface area contributed by atoms with E-state index in [0.717, 1.165) is 22.4 Å². The monoisotopic (exact) mass is 372 g/mol. The predicted octanol–water partition coefficient (Wildman–Crippen LogP) is 4.96. The van der Waals surface area contributed by atoms with E-state index in [9.17, 15) is 9.65 Å².